The predicted octanol–water partition coefficient (Wildman–Crippen LogP) is 9.08. The van der Waals surface area contributed by atoms with Crippen LogP contribution in [0.1, 0.15) is 60.1 Å². The van der Waals surface area contributed by atoms with Crippen LogP contribution < -0.4 is 10.6 Å². The number of amides is 3. The van der Waals surface area contributed by atoms with E-state index in [4.69, 9.17) is 4.74 Å². The Labute approximate surface area is 408 Å². The van der Waals surface area contributed by atoms with Gasteiger partial charge in [-0.2, -0.15) is 0 Å². The van der Waals surface area contributed by atoms with E-state index in [0.717, 1.165) is 33.4 Å². The van der Waals surface area contributed by atoms with Crippen LogP contribution in [-0.4, -0.2) is 76.4 Å². The molecule has 6 aromatic rings. The lowest BCUT2D eigenvalue weighted by atomic mass is 9.84. The van der Waals surface area contributed by atoms with Crippen LogP contribution in [0, 0.1) is 11.8 Å². The van der Waals surface area contributed by atoms with Crippen LogP contribution in [0.2, 0.25) is 0 Å². The number of aliphatic carboxylic acids is 1. The standard InChI is InChI=1S/C57H59N3O8S/c1-40(51(61)36-45(34-42-22-10-4-11-23-42)53(63)59-50(55(65)66)35-43-24-12-5-13-25-43)58-54(64)46(37-52(62)41(2)60(3)56(67)68-38-44-26-14-6-15-27-44)39-69-57(47-28-16-7-17-29-47,48-30-18-8-19-31-48)49-32-20-9-21-33-49/h4-33,40-41,45-46,50H,34-39H2,1-3H3,(H,58,64)(H,59,63)(H,65,66)/t40-,41-,45+,46-,50-/m0/s1. The summed E-state index contributed by atoms with van der Waals surface area (Å²) in [5.41, 5.74) is 5.14. The first-order valence-electron chi connectivity index (χ1n) is 23.1. The van der Waals surface area contributed by atoms with Gasteiger partial charge in [0.25, 0.3) is 0 Å². The van der Waals surface area contributed by atoms with Crippen molar-refractivity contribution in [3.8, 4) is 0 Å². The number of ether oxygens (including phenoxy) is 1. The fourth-order valence-electron chi connectivity index (χ4n) is 8.16. The van der Waals surface area contributed by atoms with Crippen molar-refractivity contribution in [3.05, 3.63) is 215 Å². The van der Waals surface area contributed by atoms with Crippen molar-refractivity contribution < 1.29 is 38.6 Å². The van der Waals surface area contributed by atoms with E-state index >= 15 is 0 Å². The molecule has 0 aliphatic rings. The fraction of sp³-hybridized carbons (Fsp3) is 0.263. The smallest absolute Gasteiger partial charge is 0.410 e. The van der Waals surface area contributed by atoms with Gasteiger partial charge in [-0.05, 0) is 53.6 Å². The Bertz CT molecular complexity index is 2510. The van der Waals surface area contributed by atoms with Gasteiger partial charge in [-0.25, -0.2) is 9.59 Å². The monoisotopic (exact) mass is 945 g/mol. The largest absolute Gasteiger partial charge is 0.480 e. The SMILES string of the molecule is C[C@H](NC(=O)[C@H](CSC(c1ccccc1)(c1ccccc1)c1ccccc1)CC(=O)[C@H](C)N(C)C(=O)OCc1ccccc1)C(=O)C[C@@H](Cc1ccccc1)C(=O)N[C@@H](Cc1ccccc1)C(=O)O. The summed E-state index contributed by atoms with van der Waals surface area (Å²) in [6.07, 6.45) is -1.09. The Kier molecular flexibility index (Phi) is 18.6. The molecular weight excluding hydrogens is 887 g/mol. The van der Waals surface area contributed by atoms with E-state index in [-0.39, 0.29) is 43.8 Å². The van der Waals surface area contributed by atoms with Crippen LogP contribution in [0.5, 0.6) is 0 Å². The molecule has 0 bridgehead atoms. The van der Waals surface area contributed by atoms with E-state index in [0.29, 0.717) is 0 Å². The van der Waals surface area contributed by atoms with Crippen molar-refractivity contribution >= 4 is 47.2 Å². The molecule has 0 unspecified atom stereocenters. The molecule has 11 nitrogen and oxygen atoms in total. The first-order valence-corrected chi connectivity index (χ1v) is 24.0. The number of hydrogen-bond donors (Lipinski definition) is 3. The van der Waals surface area contributed by atoms with E-state index in [9.17, 15) is 33.9 Å². The van der Waals surface area contributed by atoms with E-state index in [1.165, 1.54) is 23.7 Å². The molecule has 0 radical (unpaired) electrons. The van der Waals surface area contributed by atoms with E-state index < -0.39 is 64.4 Å². The Hall–Kier alpha value is -7.31. The lowest BCUT2D eigenvalue weighted by Gasteiger charge is -2.36. The molecule has 0 saturated heterocycles. The number of nitrogens with one attached hydrogen (secondary N) is 2. The lowest BCUT2D eigenvalue weighted by molar-refractivity contribution is -0.142. The number of rotatable bonds is 24. The van der Waals surface area contributed by atoms with Crippen molar-refractivity contribution in [1.82, 2.24) is 15.5 Å². The Morgan fingerprint density at radius 3 is 1.42 bits per heavy atom. The molecule has 0 aliphatic heterocycles. The summed E-state index contributed by atoms with van der Waals surface area (Å²) in [7, 11) is 1.48. The van der Waals surface area contributed by atoms with Gasteiger partial charge < -0.3 is 25.4 Å². The highest BCUT2D eigenvalue weighted by atomic mass is 32.2. The molecular formula is C57H59N3O8S. The summed E-state index contributed by atoms with van der Waals surface area (Å²) in [5, 5.41) is 15.7. The number of carboxylic acid groups (broad SMARTS) is 1. The van der Waals surface area contributed by atoms with Gasteiger partial charge in [-0.15, -0.1) is 11.8 Å². The van der Waals surface area contributed by atoms with E-state index in [2.05, 4.69) is 10.6 Å². The van der Waals surface area contributed by atoms with Gasteiger partial charge in [-0.1, -0.05) is 182 Å². The molecule has 6 rings (SSSR count). The molecule has 0 spiro atoms. The third-order valence-corrected chi connectivity index (χ3v) is 14.0. The van der Waals surface area contributed by atoms with Gasteiger partial charge in [-0.3, -0.25) is 19.2 Å². The number of carbonyl (C=O) groups excluding carboxylic acids is 5. The molecule has 12 heteroatoms. The highest BCUT2D eigenvalue weighted by Gasteiger charge is 2.40. The first kappa shape index (κ1) is 51.1. The normalized spacial score (nSPS) is 13.4. The van der Waals surface area contributed by atoms with Crippen LogP contribution in [-0.2, 0) is 52.9 Å². The first-order chi connectivity index (χ1) is 33.3. The Morgan fingerprint density at radius 2 is 0.957 bits per heavy atom. The van der Waals surface area contributed by atoms with Gasteiger partial charge >= 0.3 is 12.1 Å². The summed E-state index contributed by atoms with van der Waals surface area (Å²) in [6, 6.07) is 53.8. The number of likely N-dealkylation sites (N-methyl/N-ethyl adjacent to an activating group) is 1. The second-order valence-corrected chi connectivity index (χ2v) is 18.4. The van der Waals surface area contributed by atoms with Crippen molar-refractivity contribution in [2.24, 2.45) is 11.8 Å². The summed E-state index contributed by atoms with van der Waals surface area (Å²) in [5.74, 6) is -5.06. The van der Waals surface area contributed by atoms with E-state index in [1.54, 1.807) is 38.1 Å². The average Bonchev–Trinajstić information content (AvgIpc) is 3.38. The van der Waals surface area contributed by atoms with Crippen molar-refractivity contribution in [1.29, 1.82) is 0 Å². The van der Waals surface area contributed by atoms with E-state index in [1.807, 2.05) is 158 Å². The Morgan fingerprint density at radius 1 is 0.551 bits per heavy atom. The Balaban J connectivity index is 1.26. The molecule has 0 aromatic heterocycles. The number of thioether (sulfide) groups is 1. The molecule has 0 fully saturated rings. The summed E-state index contributed by atoms with van der Waals surface area (Å²) in [4.78, 5) is 84.0. The van der Waals surface area contributed by atoms with Gasteiger partial charge in [0.2, 0.25) is 11.8 Å². The zero-order valence-corrected chi connectivity index (χ0v) is 39.9. The number of carbonyl (C=O) groups is 6. The topological polar surface area (TPSA) is 159 Å². The molecule has 356 valence electrons. The number of Topliss-reactive ketones (excluding diaryl/α,β-unsaturated/α-hetero) is 2. The lowest BCUT2D eigenvalue weighted by Crippen LogP contribution is -2.48. The molecule has 0 aliphatic carbocycles. The third-order valence-electron chi connectivity index (χ3n) is 12.3. The second kappa shape index (κ2) is 25.2. The minimum Gasteiger partial charge on any atom is -0.480 e. The van der Waals surface area contributed by atoms with Crippen molar-refractivity contribution in [3.63, 3.8) is 0 Å². The minimum absolute atomic E-state index is 0.0146. The van der Waals surface area contributed by atoms with Crippen LogP contribution in [0.4, 0.5) is 4.79 Å². The number of carboxylic acids is 1. The maximum absolute atomic E-state index is 14.7. The molecule has 69 heavy (non-hydrogen) atoms. The zero-order valence-electron chi connectivity index (χ0n) is 39.1. The van der Waals surface area contributed by atoms with Crippen molar-refractivity contribution in [2.45, 2.75) is 69.0 Å². The summed E-state index contributed by atoms with van der Waals surface area (Å²) in [6.45, 7) is 3.15. The van der Waals surface area contributed by atoms with Crippen LogP contribution in [0.15, 0.2) is 182 Å². The number of ketones is 2. The number of hydrogen-bond acceptors (Lipinski definition) is 8. The van der Waals surface area contributed by atoms with Crippen molar-refractivity contribution in [2.75, 3.05) is 12.8 Å². The number of benzene rings is 6. The van der Waals surface area contributed by atoms with Crippen LogP contribution >= 0.6 is 11.8 Å². The summed E-state index contributed by atoms with van der Waals surface area (Å²) >= 11 is 1.49. The fourth-order valence-corrected chi connectivity index (χ4v) is 9.79. The van der Waals surface area contributed by atoms with Gasteiger partial charge in [0.1, 0.15) is 12.6 Å². The third kappa shape index (κ3) is 14.1. The number of nitrogens with zero attached hydrogens (tertiary/aromatic N) is 1. The minimum atomic E-state index is -1.25. The zero-order chi connectivity index (χ0) is 49.2. The van der Waals surface area contributed by atoms with Crippen LogP contribution in [0.3, 0.4) is 0 Å². The maximum Gasteiger partial charge on any atom is 0.410 e. The van der Waals surface area contributed by atoms with Gasteiger partial charge in [0.05, 0.1) is 22.7 Å². The molecule has 0 heterocycles. The molecule has 3 N–H and O–H groups in total. The predicted molar refractivity (Wildman–Crippen MR) is 269 cm³/mol. The quantitative estimate of drug-likeness (QED) is 0.0504. The molecule has 0 saturated carbocycles. The second-order valence-electron chi connectivity index (χ2n) is 17.2. The van der Waals surface area contributed by atoms with Crippen LogP contribution in [0.25, 0.3) is 0 Å². The van der Waals surface area contributed by atoms with Gasteiger partial charge in [0.15, 0.2) is 11.6 Å². The molecule has 5 atom stereocenters. The molecule has 3 amide bonds. The highest BCUT2D eigenvalue weighted by molar-refractivity contribution is 8.00. The maximum atomic E-state index is 14.7. The van der Waals surface area contributed by atoms with Gasteiger partial charge in [0, 0.05) is 38.0 Å². The highest BCUT2D eigenvalue weighted by Crippen LogP contribution is 2.49. The molecule has 6 aromatic carbocycles. The summed E-state index contributed by atoms with van der Waals surface area (Å²) < 4.78 is 4.69. The average molecular weight is 946 g/mol.